The van der Waals surface area contributed by atoms with E-state index in [1.54, 1.807) is 38.3 Å². The molecule has 0 unspecified atom stereocenters. The van der Waals surface area contributed by atoms with Crippen LogP contribution in [0.15, 0.2) is 48.5 Å². The second-order valence-electron chi connectivity index (χ2n) is 7.10. The Balaban J connectivity index is 1.68. The van der Waals surface area contributed by atoms with Gasteiger partial charge in [0.05, 0.1) is 13.2 Å². The fraction of sp³-hybridized carbons (Fsp3) is 0.381. The van der Waals surface area contributed by atoms with Crippen LogP contribution in [0.4, 0.5) is 0 Å². The van der Waals surface area contributed by atoms with Gasteiger partial charge < -0.3 is 19.5 Å². The van der Waals surface area contributed by atoms with E-state index in [9.17, 15) is 4.79 Å². The van der Waals surface area contributed by atoms with Crippen molar-refractivity contribution in [3.8, 4) is 17.2 Å². The number of ether oxygens (including phenoxy) is 3. The molecule has 0 spiro atoms. The molecule has 2 atom stereocenters. The molecule has 0 fully saturated rings. The molecule has 1 heterocycles. The minimum Gasteiger partial charge on any atom is -0.497 e. The van der Waals surface area contributed by atoms with E-state index in [2.05, 4.69) is 5.32 Å². The third-order valence-electron chi connectivity index (χ3n) is 4.43. The molecule has 0 saturated heterocycles. The lowest BCUT2D eigenvalue weighted by Crippen LogP contribution is -2.44. The lowest BCUT2D eigenvalue weighted by molar-refractivity contribution is -0.128. The van der Waals surface area contributed by atoms with Gasteiger partial charge in [-0.3, -0.25) is 4.79 Å². The molecule has 2 aromatic carbocycles. The predicted octanol–water partition coefficient (Wildman–Crippen LogP) is 3.88. The number of methoxy groups -OCH3 is 1. The van der Waals surface area contributed by atoms with Crippen molar-refractivity contribution in [1.82, 2.24) is 5.32 Å². The van der Waals surface area contributed by atoms with Crippen molar-refractivity contribution < 1.29 is 19.0 Å². The SMILES string of the molecule is COc1ccc(O[C@H](C)C(=O)N[C@@H]2CC(C)(C)Oc3ccccc32)cc1. The summed E-state index contributed by atoms with van der Waals surface area (Å²) >= 11 is 0. The van der Waals surface area contributed by atoms with Crippen molar-refractivity contribution >= 4 is 5.91 Å². The molecule has 138 valence electrons. The molecule has 5 nitrogen and oxygen atoms in total. The Labute approximate surface area is 154 Å². The van der Waals surface area contributed by atoms with Gasteiger partial charge in [-0.1, -0.05) is 18.2 Å². The van der Waals surface area contributed by atoms with Gasteiger partial charge >= 0.3 is 0 Å². The Morgan fingerprint density at radius 2 is 1.81 bits per heavy atom. The molecule has 0 aliphatic carbocycles. The maximum atomic E-state index is 12.7. The minimum absolute atomic E-state index is 0.107. The summed E-state index contributed by atoms with van der Waals surface area (Å²) in [7, 11) is 1.61. The van der Waals surface area contributed by atoms with Crippen LogP contribution in [-0.4, -0.2) is 24.7 Å². The lowest BCUT2D eigenvalue weighted by Gasteiger charge is -2.38. The fourth-order valence-corrected chi connectivity index (χ4v) is 3.13. The quantitative estimate of drug-likeness (QED) is 0.884. The Bertz CT molecular complexity index is 770. The normalized spacial score (nSPS) is 18.8. The maximum Gasteiger partial charge on any atom is 0.261 e. The largest absolute Gasteiger partial charge is 0.497 e. The van der Waals surface area contributed by atoms with Crippen molar-refractivity contribution in [3.63, 3.8) is 0 Å². The highest BCUT2D eigenvalue weighted by molar-refractivity contribution is 5.81. The molecule has 0 radical (unpaired) electrons. The Morgan fingerprint density at radius 3 is 2.50 bits per heavy atom. The van der Waals surface area contributed by atoms with E-state index in [4.69, 9.17) is 14.2 Å². The molecule has 3 rings (SSSR count). The van der Waals surface area contributed by atoms with Crippen LogP contribution in [-0.2, 0) is 4.79 Å². The van der Waals surface area contributed by atoms with Crippen LogP contribution in [0.1, 0.15) is 38.8 Å². The van der Waals surface area contributed by atoms with Gasteiger partial charge in [0, 0.05) is 12.0 Å². The standard InChI is InChI=1S/C21H25NO4/c1-14(25-16-11-9-15(24-4)10-12-16)20(23)22-18-13-21(2,3)26-19-8-6-5-7-17(18)19/h5-12,14,18H,13H2,1-4H3,(H,22,23)/t14-,18-/m1/s1. The number of carbonyl (C=O) groups is 1. The molecule has 0 bridgehead atoms. The number of para-hydroxylation sites is 1. The summed E-state index contributed by atoms with van der Waals surface area (Å²) in [6.07, 6.45) is 0.0897. The number of carbonyl (C=O) groups excluding carboxylic acids is 1. The first-order chi connectivity index (χ1) is 12.4. The third kappa shape index (κ3) is 4.10. The molecule has 26 heavy (non-hydrogen) atoms. The molecule has 1 aliphatic heterocycles. The van der Waals surface area contributed by atoms with Crippen LogP contribution >= 0.6 is 0 Å². The molecule has 1 aliphatic rings. The van der Waals surface area contributed by atoms with Gasteiger partial charge in [0.15, 0.2) is 6.10 Å². The van der Waals surface area contributed by atoms with E-state index in [-0.39, 0.29) is 17.6 Å². The topological polar surface area (TPSA) is 56.8 Å². The summed E-state index contributed by atoms with van der Waals surface area (Å²) < 4.78 is 16.9. The van der Waals surface area contributed by atoms with Gasteiger partial charge in [0.25, 0.3) is 5.91 Å². The molecule has 2 aromatic rings. The van der Waals surface area contributed by atoms with Crippen molar-refractivity contribution in [1.29, 1.82) is 0 Å². The zero-order chi connectivity index (χ0) is 18.7. The van der Waals surface area contributed by atoms with Crippen LogP contribution in [0, 0.1) is 0 Å². The van der Waals surface area contributed by atoms with Crippen LogP contribution in [0.2, 0.25) is 0 Å². The number of amides is 1. The third-order valence-corrected chi connectivity index (χ3v) is 4.43. The summed E-state index contributed by atoms with van der Waals surface area (Å²) in [5, 5.41) is 3.10. The molecule has 1 amide bonds. The number of nitrogens with one attached hydrogen (secondary N) is 1. The van der Waals surface area contributed by atoms with E-state index >= 15 is 0 Å². The van der Waals surface area contributed by atoms with Gasteiger partial charge in [-0.25, -0.2) is 0 Å². The van der Waals surface area contributed by atoms with Crippen LogP contribution in [0.5, 0.6) is 17.2 Å². The second kappa shape index (κ2) is 7.28. The van der Waals surface area contributed by atoms with Gasteiger partial charge in [-0.15, -0.1) is 0 Å². The first-order valence-corrected chi connectivity index (χ1v) is 8.77. The fourth-order valence-electron chi connectivity index (χ4n) is 3.13. The van der Waals surface area contributed by atoms with Gasteiger partial charge in [-0.2, -0.15) is 0 Å². The Morgan fingerprint density at radius 1 is 1.15 bits per heavy atom. The summed E-state index contributed by atoms with van der Waals surface area (Å²) in [6.45, 7) is 5.80. The highest BCUT2D eigenvalue weighted by Gasteiger charge is 2.35. The Kier molecular flexibility index (Phi) is 5.07. The molecular weight excluding hydrogens is 330 g/mol. The highest BCUT2D eigenvalue weighted by Crippen LogP contribution is 2.39. The first-order valence-electron chi connectivity index (χ1n) is 8.77. The molecular formula is C21H25NO4. The second-order valence-corrected chi connectivity index (χ2v) is 7.10. The summed E-state index contributed by atoms with van der Waals surface area (Å²) in [5.41, 5.74) is 0.656. The number of rotatable bonds is 5. The number of benzene rings is 2. The van der Waals surface area contributed by atoms with E-state index < -0.39 is 6.10 Å². The van der Waals surface area contributed by atoms with E-state index in [1.165, 1.54) is 0 Å². The summed E-state index contributed by atoms with van der Waals surface area (Å²) in [5.74, 6) is 2.03. The van der Waals surface area contributed by atoms with Gasteiger partial charge in [-0.05, 0) is 51.1 Å². The van der Waals surface area contributed by atoms with Crippen LogP contribution in [0.3, 0.4) is 0 Å². The smallest absolute Gasteiger partial charge is 0.261 e. The van der Waals surface area contributed by atoms with Crippen LogP contribution in [0.25, 0.3) is 0 Å². The first kappa shape index (κ1) is 18.1. The molecule has 0 saturated carbocycles. The molecule has 0 aromatic heterocycles. The molecule has 5 heteroatoms. The predicted molar refractivity (Wildman–Crippen MR) is 99.7 cm³/mol. The van der Waals surface area contributed by atoms with Crippen molar-refractivity contribution in [2.24, 2.45) is 0 Å². The monoisotopic (exact) mass is 355 g/mol. The number of hydrogen-bond donors (Lipinski definition) is 1. The van der Waals surface area contributed by atoms with Crippen molar-refractivity contribution in [3.05, 3.63) is 54.1 Å². The zero-order valence-electron chi connectivity index (χ0n) is 15.6. The number of hydrogen-bond acceptors (Lipinski definition) is 4. The Hall–Kier alpha value is -2.69. The van der Waals surface area contributed by atoms with Gasteiger partial charge in [0.1, 0.15) is 22.8 Å². The maximum absolute atomic E-state index is 12.7. The number of fused-ring (bicyclic) bond motifs is 1. The summed E-state index contributed by atoms with van der Waals surface area (Å²) in [4.78, 5) is 12.7. The lowest BCUT2D eigenvalue weighted by atomic mass is 9.89. The summed E-state index contributed by atoms with van der Waals surface area (Å²) in [6, 6.07) is 14.9. The van der Waals surface area contributed by atoms with E-state index in [1.807, 2.05) is 38.1 Å². The average Bonchev–Trinajstić information content (AvgIpc) is 2.61. The highest BCUT2D eigenvalue weighted by atomic mass is 16.5. The van der Waals surface area contributed by atoms with Gasteiger partial charge in [0.2, 0.25) is 0 Å². The minimum atomic E-state index is -0.610. The average molecular weight is 355 g/mol. The van der Waals surface area contributed by atoms with Crippen molar-refractivity contribution in [2.45, 2.75) is 44.9 Å². The van der Waals surface area contributed by atoms with Crippen LogP contribution < -0.4 is 19.5 Å². The van der Waals surface area contributed by atoms with E-state index in [0.717, 1.165) is 17.1 Å². The zero-order valence-corrected chi connectivity index (χ0v) is 15.6. The van der Waals surface area contributed by atoms with Crippen molar-refractivity contribution in [2.75, 3.05) is 7.11 Å². The molecule has 1 N–H and O–H groups in total. The van der Waals surface area contributed by atoms with E-state index in [0.29, 0.717) is 12.2 Å².